The van der Waals surface area contributed by atoms with Crippen LogP contribution >= 0.6 is 0 Å². The lowest BCUT2D eigenvalue weighted by Crippen LogP contribution is -2.12. The largest absolute Gasteiger partial charge is 0.252 e. The van der Waals surface area contributed by atoms with Gasteiger partial charge in [-0.1, -0.05) is 12.1 Å². The van der Waals surface area contributed by atoms with Crippen molar-refractivity contribution in [3.63, 3.8) is 0 Å². The molecule has 2 rings (SSSR count). The SMILES string of the molecule is NS(=O)(=O)c1cnc2c(F)cccc2c1. The molecule has 4 nitrogen and oxygen atoms in total. The Hall–Kier alpha value is -1.53. The van der Waals surface area contributed by atoms with Crippen molar-refractivity contribution in [2.45, 2.75) is 4.90 Å². The summed E-state index contributed by atoms with van der Waals surface area (Å²) in [4.78, 5) is 3.59. The van der Waals surface area contributed by atoms with E-state index >= 15 is 0 Å². The van der Waals surface area contributed by atoms with Crippen LogP contribution in [0.3, 0.4) is 0 Å². The zero-order chi connectivity index (χ0) is 11.1. The average molecular weight is 226 g/mol. The molecule has 1 aromatic carbocycles. The molecule has 0 bridgehead atoms. The molecule has 0 saturated heterocycles. The van der Waals surface area contributed by atoms with Crippen molar-refractivity contribution in [3.8, 4) is 0 Å². The van der Waals surface area contributed by atoms with Crippen LogP contribution < -0.4 is 5.14 Å². The number of nitrogens with zero attached hydrogens (tertiary/aromatic N) is 1. The molecule has 15 heavy (non-hydrogen) atoms. The molecule has 0 saturated carbocycles. The van der Waals surface area contributed by atoms with Gasteiger partial charge in [-0.3, -0.25) is 4.98 Å². The zero-order valence-electron chi connectivity index (χ0n) is 7.51. The Morgan fingerprint density at radius 1 is 1.33 bits per heavy atom. The Labute approximate surface area is 85.6 Å². The fourth-order valence-corrected chi connectivity index (χ4v) is 1.75. The average Bonchev–Trinajstić information content (AvgIpc) is 2.16. The maximum absolute atomic E-state index is 13.2. The van der Waals surface area contributed by atoms with Crippen molar-refractivity contribution in [1.82, 2.24) is 4.98 Å². The van der Waals surface area contributed by atoms with Crippen LogP contribution in [0.5, 0.6) is 0 Å². The number of benzene rings is 1. The van der Waals surface area contributed by atoms with E-state index < -0.39 is 15.8 Å². The molecule has 0 aliphatic heterocycles. The van der Waals surface area contributed by atoms with Crippen LogP contribution in [0.1, 0.15) is 0 Å². The first-order valence-corrected chi connectivity index (χ1v) is 5.60. The standard InChI is InChI=1S/C9H7FN2O2S/c10-8-3-1-2-6-4-7(15(11,13)14)5-12-9(6)8/h1-5H,(H2,11,13,14). The van der Waals surface area contributed by atoms with E-state index in [1.807, 2.05) is 0 Å². The van der Waals surface area contributed by atoms with Crippen LogP contribution in [0.4, 0.5) is 4.39 Å². The van der Waals surface area contributed by atoms with Crippen molar-refractivity contribution in [3.05, 3.63) is 36.3 Å². The van der Waals surface area contributed by atoms with Crippen LogP contribution in [-0.2, 0) is 10.0 Å². The number of pyridine rings is 1. The minimum atomic E-state index is -3.79. The van der Waals surface area contributed by atoms with E-state index in [1.54, 1.807) is 6.07 Å². The second kappa shape index (κ2) is 3.25. The van der Waals surface area contributed by atoms with E-state index in [2.05, 4.69) is 4.98 Å². The van der Waals surface area contributed by atoms with E-state index in [9.17, 15) is 12.8 Å². The third kappa shape index (κ3) is 1.81. The lowest BCUT2D eigenvalue weighted by Gasteiger charge is -2.01. The molecule has 78 valence electrons. The van der Waals surface area contributed by atoms with Gasteiger partial charge in [-0.15, -0.1) is 0 Å². The smallest absolute Gasteiger partial charge is 0.239 e. The number of aromatic nitrogens is 1. The monoisotopic (exact) mass is 226 g/mol. The van der Waals surface area contributed by atoms with Gasteiger partial charge in [-0.05, 0) is 12.1 Å². The second-order valence-electron chi connectivity index (χ2n) is 3.03. The normalized spacial score (nSPS) is 11.9. The molecule has 2 N–H and O–H groups in total. The minimum absolute atomic E-state index is 0.124. The quantitative estimate of drug-likeness (QED) is 0.789. The molecule has 0 aliphatic rings. The molecule has 0 aliphatic carbocycles. The number of para-hydroxylation sites is 1. The first-order valence-electron chi connectivity index (χ1n) is 4.05. The van der Waals surface area contributed by atoms with Crippen molar-refractivity contribution >= 4 is 20.9 Å². The maximum atomic E-state index is 13.2. The lowest BCUT2D eigenvalue weighted by atomic mass is 10.2. The van der Waals surface area contributed by atoms with Gasteiger partial charge >= 0.3 is 0 Å². The van der Waals surface area contributed by atoms with Crippen LogP contribution in [0.25, 0.3) is 10.9 Å². The first kappa shape index (κ1) is 10.0. The highest BCUT2D eigenvalue weighted by molar-refractivity contribution is 7.89. The fraction of sp³-hybridized carbons (Fsp3) is 0. The van der Waals surface area contributed by atoms with E-state index in [0.717, 1.165) is 6.20 Å². The summed E-state index contributed by atoms with van der Waals surface area (Å²) >= 11 is 0. The van der Waals surface area contributed by atoms with Crippen LogP contribution in [0, 0.1) is 5.82 Å². The molecule has 0 fully saturated rings. The van der Waals surface area contributed by atoms with Crippen molar-refractivity contribution < 1.29 is 12.8 Å². The summed E-state index contributed by atoms with van der Waals surface area (Å²) in [7, 11) is -3.79. The molecule has 0 unspecified atom stereocenters. The van der Waals surface area contributed by atoms with Crippen LogP contribution in [0.2, 0.25) is 0 Å². The predicted molar refractivity (Wildman–Crippen MR) is 53.1 cm³/mol. The summed E-state index contributed by atoms with van der Waals surface area (Å²) in [6.45, 7) is 0. The lowest BCUT2D eigenvalue weighted by molar-refractivity contribution is 0.597. The molecule has 0 atom stereocenters. The summed E-state index contributed by atoms with van der Waals surface area (Å²) in [6.07, 6.45) is 1.04. The Bertz CT molecular complexity index is 625. The van der Waals surface area contributed by atoms with E-state index in [4.69, 9.17) is 5.14 Å². The summed E-state index contributed by atoms with van der Waals surface area (Å²) in [5.41, 5.74) is 0.130. The fourth-order valence-electron chi connectivity index (χ4n) is 1.26. The Kier molecular flexibility index (Phi) is 2.17. The molecule has 0 amide bonds. The van der Waals surface area contributed by atoms with Gasteiger partial charge in [0, 0.05) is 11.6 Å². The number of hydrogen-bond donors (Lipinski definition) is 1. The number of halogens is 1. The summed E-state index contributed by atoms with van der Waals surface area (Å²) in [6, 6.07) is 5.60. The van der Waals surface area contributed by atoms with Gasteiger partial charge in [-0.2, -0.15) is 0 Å². The Balaban J connectivity index is 2.79. The molecular weight excluding hydrogens is 219 g/mol. The number of primary sulfonamides is 1. The van der Waals surface area contributed by atoms with Crippen LogP contribution in [0.15, 0.2) is 35.4 Å². The van der Waals surface area contributed by atoms with Gasteiger partial charge in [0.25, 0.3) is 0 Å². The molecule has 0 radical (unpaired) electrons. The number of rotatable bonds is 1. The summed E-state index contributed by atoms with van der Waals surface area (Å²) in [5.74, 6) is -0.492. The molecule has 1 heterocycles. The summed E-state index contributed by atoms with van der Waals surface area (Å²) < 4.78 is 35.2. The molecule has 2 aromatic rings. The Morgan fingerprint density at radius 3 is 2.73 bits per heavy atom. The second-order valence-corrected chi connectivity index (χ2v) is 4.59. The highest BCUT2D eigenvalue weighted by Crippen LogP contribution is 2.17. The predicted octanol–water partition coefficient (Wildman–Crippen LogP) is 1.02. The first-order chi connectivity index (χ1) is 6.98. The van der Waals surface area contributed by atoms with Gasteiger partial charge in [0.1, 0.15) is 16.2 Å². The van der Waals surface area contributed by atoms with Crippen molar-refractivity contribution in [2.75, 3.05) is 0 Å². The maximum Gasteiger partial charge on any atom is 0.239 e. The number of sulfonamides is 1. The van der Waals surface area contributed by atoms with Crippen molar-refractivity contribution in [1.29, 1.82) is 0 Å². The minimum Gasteiger partial charge on any atom is -0.252 e. The molecule has 1 aromatic heterocycles. The van der Waals surface area contributed by atoms with Gasteiger partial charge in [-0.25, -0.2) is 17.9 Å². The molecule has 6 heteroatoms. The van der Waals surface area contributed by atoms with E-state index in [0.29, 0.717) is 5.39 Å². The number of hydrogen-bond acceptors (Lipinski definition) is 3. The molecular formula is C9H7FN2O2S. The summed E-state index contributed by atoms with van der Waals surface area (Å²) in [5, 5.41) is 5.33. The van der Waals surface area contributed by atoms with Gasteiger partial charge in [0.05, 0.1) is 0 Å². The highest BCUT2D eigenvalue weighted by Gasteiger charge is 2.10. The Morgan fingerprint density at radius 2 is 2.07 bits per heavy atom. The number of nitrogens with two attached hydrogens (primary N) is 1. The van der Waals surface area contributed by atoms with Gasteiger partial charge in [0.15, 0.2) is 0 Å². The van der Waals surface area contributed by atoms with Crippen LogP contribution in [-0.4, -0.2) is 13.4 Å². The topological polar surface area (TPSA) is 73.1 Å². The third-order valence-electron chi connectivity index (χ3n) is 1.97. The van der Waals surface area contributed by atoms with Crippen molar-refractivity contribution in [2.24, 2.45) is 5.14 Å². The zero-order valence-corrected chi connectivity index (χ0v) is 8.33. The highest BCUT2D eigenvalue weighted by atomic mass is 32.2. The third-order valence-corrected chi connectivity index (χ3v) is 2.85. The van der Waals surface area contributed by atoms with E-state index in [1.165, 1.54) is 18.2 Å². The van der Waals surface area contributed by atoms with E-state index in [-0.39, 0.29) is 10.4 Å². The molecule has 0 spiro atoms. The van der Waals surface area contributed by atoms with Gasteiger partial charge < -0.3 is 0 Å². The number of fused-ring (bicyclic) bond motifs is 1. The van der Waals surface area contributed by atoms with Gasteiger partial charge in [0.2, 0.25) is 10.0 Å².